The summed E-state index contributed by atoms with van der Waals surface area (Å²) in [4.78, 5) is 14.0. The number of hydrogen-bond donors (Lipinski definition) is 0. The molecule has 0 aliphatic heterocycles. The Labute approximate surface area is 332 Å². The van der Waals surface area contributed by atoms with E-state index in [-0.39, 0.29) is 28.7 Å². The Bertz CT molecular complexity index is 2880. The van der Waals surface area contributed by atoms with E-state index in [4.69, 9.17) is 4.11 Å². The van der Waals surface area contributed by atoms with Crippen molar-refractivity contribution in [1.82, 2.24) is 15.0 Å². The molecule has 0 aliphatic rings. The summed E-state index contributed by atoms with van der Waals surface area (Å²) in [7, 11) is 0. The van der Waals surface area contributed by atoms with Gasteiger partial charge in [-0.3, -0.25) is 15.0 Å². The molecule has 0 fully saturated rings. The summed E-state index contributed by atoms with van der Waals surface area (Å²) >= 11 is 0. The molecular weight excluding hydrogens is 655 g/mol. The quantitative estimate of drug-likeness (QED) is 0.127. The Morgan fingerprint density at radius 1 is 0.444 bits per heavy atom. The first-order chi connectivity index (χ1) is 30.0. The van der Waals surface area contributed by atoms with E-state index in [0.717, 1.165) is 33.6 Å². The number of fused-ring (bicyclic) bond motifs is 1. The second-order valence-electron chi connectivity index (χ2n) is 13.5. The Morgan fingerprint density at radius 2 is 1.02 bits per heavy atom. The third kappa shape index (κ3) is 8.37. The first kappa shape index (κ1) is 25.7. The zero-order valence-electron chi connectivity index (χ0n) is 39.1. The van der Waals surface area contributed by atoms with E-state index >= 15 is 0 Å². The van der Waals surface area contributed by atoms with E-state index in [9.17, 15) is 8.22 Å². The van der Waals surface area contributed by atoms with Crippen LogP contribution in [0.4, 0.5) is 0 Å². The summed E-state index contributed by atoms with van der Waals surface area (Å²) in [6, 6.07) is 44.2. The predicted octanol–water partition coefficient (Wildman–Crippen LogP) is 12.0. The second-order valence-corrected chi connectivity index (χ2v) is 13.5. The van der Waals surface area contributed by atoms with E-state index in [1.54, 1.807) is 54.7 Å². The van der Waals surface area contributed by atoms with Gasteiger partial charge in [0.05, 0.1) is 17.1 Å². The van der Waals surface area contributed by atoms with Crippen LogP contribution in [0.15, 0.2) is 164 Å². The molecule has 0 saturated carbocycles. The van der Waals surface area contributed by atoms with Crippen LogP contribution in [0, 0.1) is 13.8 Å². The lowest BCUT2D eigenvalue weighted by Gasteiger charge is -2.14. The van der Waals surface area contributed by atoms with Crippen LogP contribution in [-0.2, 0) is 38.4 Å². The summed E-state index contributed by atoms with van der Waals surface area (Å²) < 4.78 is 81.2. The Balaban J connectivity index is 1.17. The molecule has 3 nitrogen and oxygen atoms in total. The van der Waals surface area contributed by atoms with Gasteiger partial charge in [-0.25, -0.2) is 0 Å². The monoisotopic (exact) mass is 708 g/mol. The molecule has 3 heteroatoms. The van der Waals surface area contributed by atoms with Crippen LogP contribution in [0.2, 0.25) is 0 Å². The molecule has 0 saturated heterocycles. The van der Waals surface area contributed by atoms with Crippen molar-refractivity contribution in [1.29, 1.82) is 0 Å². The van der Waals surface area contributed by atoms with Gasteiger partial charge in [0.1, 0.15) is 0 Å². The summed E-state index contributed by atoms with van der Waals surface area (Å²) in [6.45, 7) is -0.537. The van der Waals surface area contributed by atoms with Gasteiger partial charge in [0.25, 0.3) is 0 Å². The van der Waals surface area contributed by atoms with E-state index in [2.05, 4.69) is 15.0 Å². The fourth-order valence-electron chi connectivity index (χ4n) is 6.75. The van der Waals surface area contributed by atoms with Gasteiger partial charge in [0.15, 0.2) is 0 Å². The standard InChI is InChI=1S/C51H45N3/c1-36-27-37(2)29-46(28-36)51-48-16-10-9-15-47(48)45(35-54-51)24-21-42-31-40(19-17-38-22-25-49(52-33-38)43-11-5-3-6-12-43)30-41(32-42)20-18-39-23-26-50(53-34-39)44-13-7-4-8-14-44/h3-16,22-23,25-35H,17-21,24H2,1-2H3/i1D3,19D2,21D2,24D2. The van der Waals surface area contributed by atoms with Crippen molar-refractivity contribution in [2.45, 2.75) is 52.2 Å². The van der Waals surface area contributed by atoms with E-state index in [1.165, 1.54) is 12.3 Å². The van der Waals surface area contributed by atoms with E-state index in [1.807, 2.05) is 104 Å². The lowest BCUT2D eigenvalue weighted by molar-refractivity contribution is 0.899. The number of aryl methyl sites for hydroxylation is 8. The highest BCUT2D eigenvalue weighted by molar-refractivity contribution is 5.96. The summed E-state index contributed by atoms with van der Waals surface area (Å²) in [6.07, 6.45) is -1.61. The zero-order chi connectivity index (χ0) is 44.6. The lowest BCUT2D eigenvalue weighted by Crippen LogP contribution is -2.01. The maximum atomic E-state index is 9.61. The normalized spacial score (nSPS) is 14.7. The molecule has 0 atom stereocenters. The molecule has 0 unspecified atom stereocenters. The van der Waals surface area contributed by atoms with Crippen LogP contribution >= 0.6 is 0 Å². The molecule has 0 bridgehead atoms. The molecule has 8 aromatic rings. The van der Waals surface area contributed by atoms with Gasteiger partial charge in [-0.05, 0) is 115 Å². The average Bonchev–Trinajstić information content (AvgIpc) is 3.28. The van der Waals surface area contributed by atoms with Crippen molar-refractivity contribution >= 4 is 10.8 Å². The number of hydrogen-bond acceptors (Lipinski definition) is 3. The first-order valence-electron chi connectivity index (χ1n) is 22.7. The van der Waals surface area contributed by atoms with Crippen LogP contribution in [0.3, 0.4) is 0 Å². The van der Waals surface area contributed by atoms with Crippen LogP contribution in [0.25, 0.3) is 44.5 Å². The van der Waals surface area contributed by atoms with Crippen molar-refractivity contribution in [2.24, 2.45) is 0 Å². The van der Waals surface area contributed by atoms with Crippen molar-refractivity contribution in [3.05, 3.63) is 209 Å². The molecule has 0 radical (unpaired) electrons. The highest BCUT2D eigenvalue weighted by Crippen LogP contribution is 2.31. The van der Waals surface area contributed by atoms with Gasteiger partial charge in [-0.1, -0.05) is 132 Å². The number of benzene rings is 5. The molecule has 0 N–H and O–H groups in total. The van der Waals surface area contributed by atoms with Crippen molar-refractivity contribution in [2.75, 3.05) is 0 Å². The van der Waals surface area contributed by atoms with Crippen LogP contribution in [-0.4, -0.2) is 15.0 Å². The number of rotatable bonds is 12. The minimum absolute atomic E-state index is 0.00635. The van der Waals surface area contributed by atoms with Gasteiger partial charge in [0.2, 0.25) is 0 Å². The average molecular weight is 709 g/mol. The molecular formula is C51H45N3. The Hall–Kier alpha value is -6.19. The van der Waals surface area contributed by atoms with E-state index < -0.39 is 26.0 Å². The molecule has 54 heavy (non-hydrogen) atoms. The third-order valence-corrected chi connectivity index (χ3v) is 9.47. The van der Waals surface area contributed by atoms with Crippen molar-refractivity contribution in [3.63, 3.8) is 0 Å². The van der Waals surface area contributed by atoms with Crippen molar-refractivity contribution in [3.8, 4) is 33.8 Å². The highest BCUT2D eigenvalue weighted by atomic mass is 14.7. The number of nitrogens with zero attached hydrogens (tertiary/aromatic N) is 3. The van der Waals surface area contributed by atoms with Gasteiger partial charge >= 0.3 is 0 Å². The van der Waals surface area contributed by atoms with Gasteiger partial charge in [0, 0.05) is 53.0 Å². The number of aromatic nitrogens is 3. The van der Waals surface area contributed by atoms with Gasteiger partial charge in [-0.15, -0.1) is 0 Å². The highest BCUT2D eigenvalue weighted by Gasteiger charge is 2.12. The topological polar surface area (TPSA) is 38.7 Å². The summed E-state index contributed by atoms with van der Waals surface area (Å²) in [5, 5.41) is 0.972. The maximum absolute atomic E-state index is 9.61. The predicted molar refractivity (Wildman–Crippen MR) is 225 cm³/mol. The van der Waals surface area contributed by atoms with Crippen LogP contribution < -0.4 is 0 Å². The molecule has 5 aromatic carbocycles. The fraction of sp³-hybridized carbons (Fsp3) is 0.157. The van der Waals surface area contributed by atoms with Gasteiger partial charge in [-0.2, -0.15) is 0 Å². The maximum Gasteiger partial charge on any atom is 0.0780 e. The smallest absolute Gasteiger partial charge is 0.0780 e. The molecule has 0 spiro atoms. The molecule has 264 valence electrons. The lowest BCUT2D eigenvalue weighted by atomic mass is 9.93. The largest absolute Gasteiger partial charge is 0.256 e. The zero-order valence-corrected chi connectivity index (χ0v) is 30.1. The van der Waals surface area contributed by atoms with Gasteiger partial charge < -0.3 is 0 Å². The van der Waals surface area contributed by atoms with E-state index in [0.29, 0.717) is 46.0 Å². The molecule has 3 heterocycles. The third-order valence-electron chi connectivity index (χ3n) is 9.47. The van der Waals surface area contributed by atoms with Crippen LogP contribution in [0.5, 0.6) is 0 Å². The SMILES string of the molecule is [2H]C([2H])([2H])c1cc(C)cc(-c2ncc(C([2H])([2H])C([2H])([2H])c3cc(CCc4ccc(-c5ccccc5)nc4)cc(C([2H])([2H])Cc4ccc(-c5ccccc5)nc4)c3)c3ccccc23)c1. The fourth-order valence-corrected chi connectivity index (χ4v) is 6.75. The Morgan fingerprint density at radius 3 is 1.67 bits per heavy atom. The summed E-state index contributed by atoms with van der Waals surface area (Å²) in [5.41, 5.74) is 7.95. The first-order valence-corrected chi connectivity index (χ1v) is 18.2. The van der Waals surface area contributed by atoms with Crippen molar-refractivity contribution < 1.29 is 12.3 Å². The molecule has 0 aliphatic carbocycles. The minimum atomic E-state index is -2.69. The molecule has 3 aromatic heterocycles. The summed E-state index contributed by atoms with van der Waals surface area (Å²) in [5.74, 6) is 0. The molecule has 0 amide bonds. The number of pyridine rings is 3. The molecule has 8 rings (SSSR count). The van der Waals surface area contributed by atoms with Crippen LogP contribution in [0.1, 0.15) is 56.8 Å². The Kier molecular flexibility index (Phi) is 7.73. The minimum Gasteiger partial charge on any atom is -0.256 e. The second kappa shape index (κ2) is 16.2.